The minimum Gasteiger partial charge on any atom is -0.308 e. The number of amidine groups is 1. The Morgan fingerprint density at radius 2 is 1.92 bits per heavy atom. The smallest absolute Gasteiger partial charge is 0.253 e. The molecular weight excluding hydrogens is 337 g/mol. The fraction of sp³-hybridized carbons (Fsp3) is 0.333. The van der Waals surface area contributed by atoms with Crippen molar-refractivity contribution < 1.29 is 22.7 Å². The minimum atomic E-state index is -3.49. The van der Waals surface area contributed by atoms with Crippen LogP contribution < -0.4 is 10.3 Å². The van der Waals surface area contributed by atoms with Crippen molar-refractivity contribution in [2.75, 3.05) is 13.1 Å². The molecule has 128 valence electrons. The summed E-state index contributed by atoms with van der Waals surface area (Å²) in [7, 11) is -3.49. The van der Waals surface area contributed by atoms with E-state index in [0.717, 1.165) is 5.41 Å². The average Bonchev–Trinajstić information content (AvgIpc) is 2.92. The van der Waals surface area contributed by atoms with E-state index in [4.69, 9.17) is 0 Å². The molecule has 2 aliphatic heterocycles. The number of hydrogen-bond donors (Lipinski definition) is 1. The fourth-order valence-corrected chi connectivity index (χ4v) is 3.77. The van der Waals surface area contributed by atoms with Crippen LogP contribution in [-0.2, 0) is 14.8 Å². The summed E-state index contributed by atoms with van der Waals surface area (Å²) < 4.78 is 37.0. The molecule has 0 saturated carbocycles. The quantitative estimate of drug-likeness (QED) is 0.879. The SMILES string of the molecule is C=CS(=O)(=O)N1CCC2(CC1)N=C(c1ccc(OF)cc1)NC2=O. The summed E-state index contributed by atoms with van der Waals surface area (Å²) in [5.41, 5.74) is -0.334. The lowest BCUT2D eigenvalue weighted by atomic mass is 9.89. The van der Waals surface area contributed by atoms with Crippen LogP contribution in [0.1, 0.15) is 18.4 Å². The van der Waals surface area contributed by atoms with Crippen LogP contribution in [0, 0.1) is 0 Å². The van der Waals surface area contributed by atoms with Crippen molar-refractivity contribution in [2.45, 2.75) is 18.4 Å². The maximum atomic E-state index is 12.4. The predicted octanol–water partition coefficient (Wildman–Crippen LogP) is 1.13. The summed E-state index contributed by atoms with van der Waals surface area (Å²) in [5, 5.41) is 3.63. The van der Waals surface area contributed by atoms with Crippen LogP contribution in [0.2, 0.25) is 0 Å². The number of carbonyl (C=O) groups excluding carboxylic acids is 1. The number of piperidine rings is 1. The molecule has 1 N–H and O–H groups in total. The molecule has 1 spiro atoms. The van der Waals surface area contributed by atoms with E-state index in [2.05, 4.69) is 21.8 Å². The number of sulfonamides is 1. The van der Waals surface area contributed by atoms with Crippen molar-refractivity contribution in [3.8, 4) is 5.75 Å². The first kappa shape index (κ1) is 16.6. The number of hydrogen-bond acceptors (Lipinski definition) is 5. The summed E-state index contributed by atoms with van der Waals surface area (Å²) in [4.78, 5) is 20.5. The Morgan fingerprint density at radius 3 is 2.46 bits per heavy atom. The highest BCUT2D eigenvalue weighted by molar-refractivity contribution is 7.92. The third kappa shape index (κ3) is 2.80. The van der Waals surface area contributed by atoms with Gasteiger partial charge in [0.25, 0.3) is 5.91 Å². The number of carbonyl (C=O) groups is 1. The Balaban J connectivity index is 1.80. The van der Waals surface area contributed by atoms with E-state index in [1.54, 1.807) is 12.1 Å². The molecule has 0 aromatic heterocycles. The molecule has 1 amide bonds. The Labute approximate surface area is 138 Å². The number of benzene rings is 1. The van der Waals surface area contributed by atoms with Gasteiger partial charge >= 0.3 is 0 Å². The lowest BCUT2D eigenvalue weighted by Gasteiger charge is -2.33. The molecule has 0 unspecified atom stereocenters. The van der Waals surface area contributed by atoms with Gasteiger partial charge in [0, 0.05) is 28.6 Å². The molecule has 3 rings (SSSR count). The van der Waals surface area contributed by atoms with Crippen molar-refractivity contribution in [3.63, 3.8) is 0 Å². The standard InChI is InChI=1S/C15H16FN3O4S/c1-2-24(21,22)19-9-7-15(8-10-19)14(20)17-13(18-15)11-3-5-12(23-16)6-4-11/h2-6H,1,7-10H2,(H,17,18,20). The number of amides is 1. The summed E-state index contributed by atoms with van der Waals surface area (Å²) in [6.07, 6.45) is 0.585. The lowest BCUT2D eigenvalue weighted by molar-refractivity contribution is -0.124. The molecule has 7 nitrogen and oxygen atoms in total. The Bertz CT molecular complexity index is 797. The predicted molar refractivity (Wildman–Crippen MR) is 85.5 cm³/mol. The Morgan fingerprint density at radius 1 is 1.29 bits per heavy atom. The summed E-state index contributed by atoms with van der Waals surface area (Å²) in [6.45, 7) is 3.71. The second-order valence-corrected chi connectivity index (χ2v) is 7.54. The largest absolute Gasteiger partial charge is 0.308 e. The molecule has 0 bridgehead atoms. The van der Waals surface area contributed by atoms with Gasteiger partial charge in [0.05, 0.1) is 0 Å². The molecule has 0 atom stereocenters. The first-order valence-corrected chi connectivity index (χ1v) is 8.83. The third-order valence-corrected chi connectivity index (χ3v) is 5.82. The van der Waals surface area contributed by atoms with E-state index in [1.165, 1.54) is 16.4 Å². The van der Waals surface area contributed by atoms with Crippen molar-refractivity contribution >= 4 is 21.8 Å². The van der Waals surface area contributed by atoms with Crippen LogP contribution in [0.5, 0.6) is 5.75 Å². The van der Waals surface area contributed by atoms with E-state index < -0.39 is 15.6 Å². The molecule has 0 aliphatic carbocycles. The van der Waals surface area contributed by atoms with E-state index in [-0.39, 0.29) is 24.7 Å². The second kappa shape index (κ2) is 5.99. The summed E-state index contributed by atoms with van der Waals surface area (Å²) in [6, 6.07) is 6.03. The summed E-state index contributed by atoms with van der Waals surface area (Å²) >= 11 is 0. The first-order chi connectivity index (χ1) is 11.4. The van der Waals surface area contributed by atoms with Gasteiger partial charge in [-0.05, 0) is 37.1 Å². The number of aliphatic imine (C=N–C) groups is 1. The zero-order valence-electron chi connectivity index (χ0n) is 12.7. The van der Waals surface area contributed by atoms with Gasteiger partial charge in [0.2, 0.25) is 10.0 Å². The zero-order chi connectivity index (χ0) is 17.4. The van der Waals surface area contributed by atoms with Crippen LogP contribution in [0.15, 0.2) is 41.2 Å². The highest BCUT2D eigenvalue weighted by Gasteiger charge is 2.47. The van der Waals surface area contributed by atoms with Gasteiger partial charge in [0.15, 0.2) is 5.75 Å². The fourth-order valence-electron chi connectivity index (χ4n) is 2.87. The van der Waals surface area contributed by atoms with Crippen LogP contribution >= 0.6 is 0 Å². The van der Waals surface area contributed by atoms with Crippen LogP contribution in [-0.4, -0.2) is 43.1 Å². The van der Waals surface area contributed by atoms with Crippen molar-refractivity contribution in [1.82, 2.24) is 9.62 Å². The van der Waals surface area contributed by atoms with Gasteiger partial charge in [-0.1, -0.05) is 6.58 Å². The maximum Gasteiger partial charge on any atom is 0.253 e. The van der Waals surface area contributed by atoms with Crippen LogP contribution in [0.25, 0.3) is 0 Å². The van der Waals surface area contributed by atoms with Gasteiger partial charge in [-0.25, -0.2) is 8.42 Å². The second-order valence-electron chi connectivity index (χ2n) is 5.66. The normalized spacial score (nSPS) is 20.5. The van der Waals surface area contributed by atoms with Gasteiger partial charge in [-0.15, -0.1) is 0 Å². The zero-order valence-corrected chi connectivity index (χ0v) is 13.6. The molecule has 1 saturated heterocycles. The minimum absolute atomic E-state index is 0.0568. The van der Waals surface area contributed by atoms with E-state index in [0.29, 0.717) is 24.2 Å². The van der Waals surface area contributed by atoms with Gasteiger partial charge in [0.1, 0.15) is 11.4 Å². The van der Waals surface area contributed by atoms with Gasteiger partial charge < -0.3 is 5.32 Å². The Kier molecular flexibility index (Phi) is 4.14. The molecule has 24 heavy (non-hydrogen) atoms. The van der Waals surface area contributed by atoms with Gasteiger partial charge in [-0.2, -0.15) is 4.31 Å². The van der Waals surface area contributed by atoms with Crippen LogP contribution in [0.3, 0.4) is 0 Å². The average molecular weight is 353 g/mol. The third-order valence-electron chi connectivity index (χ3n) is 4.32. The van der Waals surface area contributed by atoms with Gasteiger partial charge in [-0.3, -0.25) is 14.7 Å². The highest BCUT2D eigenvalue weighted by atomic mass is 32.2. The van der Waals surface area contributed by atoms with Crippen molar-refractivity contribution in [2.24, 2.45) is 4.99 Å². The number of nitrogens with one attached hydrogen (secondary N) is 1. The number of nitrogens with zero attached hydrogens (tertiary/aromatic N) is 2. The van der Waals surface area contributed by atoms with Crippen molar-refractivity contribution in [1.29, 1.82) is 0 Å². The topological polar surface area (TPSA) is 88.1 Å². The summed E-state index contributed by atoms with van der Waals surface area (Å²) in [5.74, 6) is 0.200. The van der Waals surface area contributed by atoms with E-state index >= 15 is 0 Å². The van der Waals surface area contributed by atoms with Crippen LogP contribution in [0.4, 0.5) is 4.53 Å². The molecule has 1 aromatic carbocycles. The van der Waals surface area contributed by atoms with E-state index in [1.807, 2.05) is 0 Å². The molecule has 9 heteroatoms. The molecular formula is C15H16FN3O4S. The monoisotopic (exact) mass is 353 g/mol. The molecule has 0 radical (unpaired) electrons. The molecule has 1 fully saturated rings. The number of rotatable bonds is 4. The molecule has 2 heterocycles. The molecule has 2 aliphatic rings. The Hall–Kier alpha value is -2.26. The maximum absolute atomic E-state index is 12.4. The number of halogens is 1. The molecule has 1 aromatic rings. The lowest BCUT2D eigenvalue weighted by Crippen LogP contribution is -2.50. The first-order valence-electron chi connectivity index (χ1n) is 7.33. The van der Waals surface area contributed by atoms with Crippen molar-refractivity contribution in [3.05, 3.63) is 41.8 Å². The van der Waals surface area contributed by atoms with E-state index in [9.17, 15) is 17.7 Å². The highest BCUT2D eigenvalue weighted by Crippen LogP contribution is 2.32.